The first-order valence-corrected chi connectivity index (χ1v) is 3.76. The molecule has 0 aromatic heterocycles. The van der Waals surface area contributed by atoms with Gasteiger partial charge in [0.1, 0.15) is 0 Å². The molecule has 22 heavy (non-hydrogen) atoms. The average molecular weight is 352 g/mol. The lowest BCUT2D eigenvalue weighted by molar-refractivity contribution is -0.895. The monoisotopic (exact) mass is 352 g/mol. The summed E-state index contributed by atoms with van der Waals surface area (Å²) in [5.41, 5.74) is 0. The highest BCUT2D eigenvalue weighted by molar-refractivity contribution is 3.35. The SMILES string of the molecule is COOOOOOOOOOOOOOOOOOOOO. The fourth-order valence-corrected chi connectivity index (χ4v) is 0.222. The fourth-order valence-electron chi connectivity index (χ4n) is 0.222. The molecule has 0 atom stereocenters. The van der Waals surface area contributed by atoms with Gasteiger partial charge in [0.2, 0.25) is 0 Å². The largest absolute Gasteiger partial charge is 0.219 e. The van der Waals surface area contributed by atoms with Crippen LogP contribution < -0.4 is 0 Å². The van der Waals surface area contributed by atoms with Crippen molar-refractivity contribution in [3.05, 3.63) is 0 Å². The summed E-state index contributed by atoms with van der Waals surface area (Å²) < 4.78 is 0. The minimum atomic E-state index is 1.09. The molecule has 21 heteroatoms. The molecule has 0 aliphatic heterocycles. The second kappa shape index (κ2) is 20.2. The molecule has 0 amide bonds. The third kappa shape index (κ3) is 19.2. The van der Waals surface area contributed by atoms with Gasteiger partial charge in [0.05, 0.1) is 7.11 Å². The van der Waals surface area contributed by atoms with Crippen LogP contribution in [0.1, 0.15) is 0 Å². The summed E-state index contributed by atoms with van der Waals surface area (Å²) in [6, 6.07) is 0. The number of hydrogen-bond donors (Lipinski definition) is 1. The van der Waals surface area contributed by atoms with E-state index in [4.69, 9.17) is 5.26 Å². The summed E-state index contributed by atoms with van der Waals surface area (Å²) in [5.74, 6) is 0. The van der Waals surface area contributed by atoms with E-state index < -0.39 is 0 Å². The Morgan fingerprint density at radius 3 is 0.818 bits per heavy atom. The van der Waals surface area contributed by atoms with Crippen molar-refractivity contribution in [1.82, 2.24) is 0 Å². The Balaban J connectivity index is 2.91. The highest BCUT2D eigenvalue weighted by atomic mass is 18.0. The fraction of sp³-hybridized carbons (Fsp3) is 1.00. The quantitative estimate of drug-likeness (QED) is 0.164. The highest BCUT2D eigenvalue weighted by Crippen LogP contribution is 1.93. The summed E-state index contributed by atoms with van der Waals surface area (Å²) in [6.45, 7) is 0. The molecular weight excluding hydrogens is 348 g/mol. The van der Waals surface area contributed by atoms with Crippen LogP contribution >= 0.6 is 0 Å². The molecule has 0 aromatic rings. The maximum absolute atomic E-state index is 7.50. The first-order valence-electron chi connectivity index (χ1n) is 3.76. The van der Waals surface area contributed by atoms with Gasteiger partial charge in [-0.3, -0.25) is 0 Å². The first kappa shape index (κ1) is 21.2. The van der Waals surface area contributed by atoms with Crippen molar-refractivity contribution < 1.29 is 106 Å². The van der Waals surface area contributed by atoms with Crippen molar-refractivity contribution in [2.45, 2.75) is 0 Å². The molecule has 0 saturated heterocycles. The standard InChI is InChI=1S/CH4O21/c1-3-5-7-9-11-13-15-17-19-21-22-20-18-16-14-12-10-8-6-4-2/h2H,1H3. The maximum Gasteiger partial charge on any atom is 0.0745 e. The molecule has 0 fully saturated rings. The summed E-state index contributed by atoms with van der Waals surface area (Å²) >= 11 is 0. The Bertz CT molecular complexity index is 159. The third-order valence-corrected chi connectivity index (χ3v) is 0.571. The van der Waals surface area contributed by atoms with Gasteiger partial charge in [-0.1, -0.05) is 0 Å². The molecule has 0 unspecified atom stereocenters. The molecule has 0 spiro atoms. The minimum absolute atomic E-state index is 1.09. The van der Waals surface area contributed by atoms with E-state index in [1.165, 1.54) is 0 Å². The Morgan fingerprint density at radius 2 is 0.591 bits per heavy atom. The van der Waals surface area contributed by atoms with E-state index in [1.54, 1.807) is 0 Å². The second-order valence-electron chi connectivity index (χ2n) is 1.47. The molecule has 0 bridgehead atoms. The van der Waals surface area contributed by atoms with Crippen LogP contribution in [0.15, 0.2) is 0 Å². The molecule has 1 N–H and O–H groups in total. The van der Waals surface area contributed by atoms with Gasteiger partial charge in [0.25, 0.3) is 0 Å². The zero-order valence-electron chi connectivity index (χ0n) is 9.61. The Kier molecular flexibility index (Phi) is 19.4. The topological polar surface area (TPSA) is 205 Å². The zero-order valence-corrected chi connectivity index (χ0v) is 9.61. The van der Waals surface area contributed by atoms with Gasteiger partial charge >= 0.3 is 0 Å². The lowest BCUT2D eigenvalue weighted by Crippen LogP contribution is -2.05. The Hall–Kier alpha value is -0.840. The molecule has 134 valence electrons. The van der Waals surface area contributed by atoms with Crippen molar-refractivity contribution in [2.24, 2.45) is 0 Å². The Morgan fingerprint density at radius 1 is 0.364 bits per heavy atom. The van der Waals surface area contributed by atoms with Gasteiger partial charge in [-0.25, -0.2) is 10.1 Å². The van der Waals surface area contributed by atoms with Gasteiger partial charge in [0, 0.05) is 15.1 Å². The van der Waals surface area contributed by atoms with Crippen molar-refractivity contribution in [1.29, 1.82) is 0 Å². The molecule has 0 aromatic carbocycles. The van der Waals surface area contributed by atoms with E-state index in [1.807, 2.05) is 0 Å². The molecular formula is CH4O21. The smallest absolute Gasteiger partial charge is 0.0745 e. The molecule has 0 heterocycles. The summed E-state index contributed by atoms with van der Waals surface area (Å²) in [7, 11) is 1.09. The molecule has 0 rings (SSSR count). The van der Waals surface area contributed by atoms with E-state index in [0.717, 1.165) is 7.11 Å². The summed E-state index contributed by atoms with van der Waals surface area (Å²) in [5, 5.41) is 73.0. The molecule has 0 aliphatic carbocycles. The zero-order chi connectivity index (χ0) is 16.1. The van der Waals surface area contributed by atoms with E-state index >= 15 is 0 Å². The predicted molar refractivity (Wildman–Crippen MR) is 30.3 cm³/mol. The normalized spacial score (nSPS) is 11.2. The van der Waals surface area contributed by atoms with Gasteiger partial charge in [0.15, 0.2) is 0 Å². The lowest BCUT2D eigenvalue weighted by Gasteiger charge is -1.98. The van der Waals surface area contributed by atoms with Crippen LogP contribution in [0.3, 0.4) is 0 Å². The van der Waals surface area contributed by atoms with Crippen LogP contribution in [-0.2, 0) is 101 Å². The Labute approximate surface area is 114 Å². The second-order valence-corrected chi connectivity index (χ2v) is 1.47. The summed E-state index contributed by atoms with van der Waals surface area (Å²) in [6.07, 6.45) is 0. The van der Waals surface area contributed by atoms with E-state index in [2.05, 4.69) is 101 Å². The number of rotatable bonds is 19. The van der Waals surface area contributed by atoms with E-state index in [-0.39, 0.29) is 0 Å². The molecule has 0 radical (unpaired) electrons. The minimum Gasteiger partial charge on any atom is -0.219 e. The third-order valence-electron chi connectivity index (χ3n) is 0.571. The van der Waals surface area contributed by atoms with Crippen molar-refractivity contribution in [3.8, 4) is 0 Å². The van der Waals surface area contributed by atoms with Gasteiger partial charge in [-0.2, -0.15) is 0 Å². The van der Waals surface area contributed by atoms with Gasteiger partial charge in [-0.15, -0.1) is 0 Å². The van der Waals surface area contributed by atoms with Crippen LogP contribution in [0.2, 0.25) is 0 Å². The molecule has 21 nitrogen and oxygen atoms in total. The van der Waals surface area contributed by atoms with Gasteiger partial charge < -0.3 is 0 Å². The van der Waals surface area contributed by atoms with Crippen LogP contribution in [-0.4, -0.2) is 12.4 Å². The van der Waals surface area contributed by atoms with E-state index in [9.17, 15) is 0 Å². The van der Waals surface area contributed by atoms with Gasteiger partial charge in [-0.05, 0) is 80.6 Å². The summed E-state index contributed by atoms with van der Waals surface area (Å²) in [4.78, 5) is 3.87. The molecule has 0 aliphatic rings. The van der Waals surface area contributed by atoms with Crippen LogP contribution in [0, 0.1) is 0 Å². The van der Waals surface area contributed by atoms with Crippen molar-refractivity contribution in [3.63, 3.8) is 0 Å². The van der Waals surface area contributed by atoms with Crippen molar-refractivity contribution in [2.75, 3.05) is 7.11 Å². The van der Waals surface area contributed by atoms with E-state index in [0.29, 0.717) is 0 Å². The number of hydrogen-bond acceptors (Lipinski definition) is 21. The van der Waals surface area contributed by atoms with Crippen molar-refractivity contribution >= 4 is 0 Å². The average Bonchev–Trinajstić information content (AvgIpc) is 2.54. The predicted octanol–water partition coefficient (Wildman–Crippen LogP) is -1.19. The molecule has 0 saturated carbocycles. The maximum atomic E-state index is 7.50. The lowest BCUT2D eigenvalue weighted by atomic mass is 11.8. The van der Waals surface area contributed by atoms with Crippen LogP contribution in [0.4, 0.5) is 0 Å². The first-order chi connectivity index (χ1) is 10.9. The van der Waals surface area contributed by atoms with Crippen LogP contribution in [0.25, 0.3) is 0 Å². The van der Waals surface area contributed by atoms with Crippen LogP contribution in [0.5, 0.6) is 0 Å². The highest BCUT2D eigenvalue weighted by Gasteiger charge is 1.99.